The summed E-state index contributed by atoms with van der Waals surface area (Å²) in [4.78, 5) is 2.39. The second kappa shape index (κ2) is 7.58. The van der Waals surface area contributed by atoms with Crippen LogP contribution in [0.15, 0.2) is 59.5 Å². The Hall–Kier alpha value is -1.95. The number of nitrogens with zero attached hydrogens (tertiary/aromatic N) is 2. The van der Waals surface area contributed by atoms with Crippen molar-refractivity contribution in [1.82, 2.24) is 4.90 Å². The van der Waals surface area contributed by atoms with Gasteiger partial charge in [-0.1, -0.05) is 36.9 Å². The second-order valence-corrected chi connectivity index (χ2v) is 8.82. The predicted molar refractivity (Wildman–Crippen MR) is 113 cm³/mol. The van der Waals surface area contributed by atoms with Crippen molar-refractivity contribution >= 4 is 23.7 Å². The third-order valence-electron chi connectivity index (χ3n) is 5.40. The van der Waals surface area contributed by atoms with Gasteiger partial charge in [0.1, 0.15) is 11.5 Å². The Labute approximate surface area is 165 Å². The van der Waals surface area contributed by atoms with E-state index in [4.69, 9.17) is 4.42 Å². The van der Waals surface area contributed by atoms with E-state index in [1.165, 1.54) is 0 Å². The zero-order valence-electron chi connectivity index (χ0n) is 15.7. The largest absolute Gasteiger partial charge is 0.460 e. The summed E-state index contributed by atoms with van der Waals surface area (Å²) < 4.78 is 8.11. The van der Waals surface area contributed by atoms with Crippen LogP contribution in [0.3, 0.4) is 0 Å². The quantitative estimate of drug-likeness (QED) is 0.618. The molecule has 0 bridgehead atoms. The molecule has 2 fully saturated rings. The fraction of sp³-hybridized carbons (Fsp3) is 0.364. The number of rotatable bonds is 5. The summed E-state index contributed by atoms with van der Waals surface area (Å²) in [6.07, 6.45) is 6.27. The Balaban J connectivity index is 1.43. The zero-order chi connectivity index (χ0) is 18.9. The van der Waals surface area contributed by atoms with Crippen molar-refractivity contribution in [3.8, 4) is 0 Å². The van der Waals surface area contributed by atoms with Gasteiger partial charge in [-0.25, -0.2) is 0 Å². The van der Waals surface area contributed by atoms with E-state index in [1.807, 2.05) is 30.4 Å². The van der Waals surface area contributed by atoms with E-state index in [9.17, 15) is 5.11 Å². The number of β-amino-alcohol motifs (C(OH)–C–C–N with tert-alkyl or cyclic N) is 1. The Kier molecular flexibility index (Phi) is 5.17. The van der Waals surface area contributed by atoms with Gasteiger partial charge >= 0.3 is 0 Å². The van der Waals surface area contributed by atoms with E-state index in [2.05, 4.69) is 40.9 Å². The van der Waals surface area contributed by atoms with Crippen molar-refractivity contribution in [3.05, 3.63) is 72.2 Å². The summed E-state index contributed by atoms with van der Waals surface area (Å²) in [5.41, 5.74) is 2.31. The van der Waals surface area contributed by atoms with Crippen LogP contribution >= 0.6 is 11.9 Å². The van der Waals surface area contributed by atoms with Crippen molar-refractivity contribution in [1.29, 1.82) is 0 Å². The highest BCUT2D eigenvalue weighted by Crippen LogP contribution is 2.47. The molecular formula is C22H26N2O2S. The standard InChI is InChI=1S/C22H26N2O2S/c1-3-4-10-20-17(2)13-19(26-20)14-23-12-11-22(16-23)21(25)15-24(27-22)18-8-6-5-7-9-18/h3-10,13,21,25H,1,11-12,14-16H2,2H3/b10-4-/t21-,22+/m0/s1. The summed E-state index contributed by atoms with van der Waals surface area (Å²) in [6, 6.07) is 12.4. The lowest BCUT2D eigenvalue weighted by atomic mass is 10.0. The van der Waals surface area contributed by atoms with Crippen LogP contribution in [0.4, 0.5) is 5.69 Å². The smallest absolute Gasteiger partial charge is 0.130 e. The summed E-state index contributed by atoms with van der Waals surface area (Å²) in [6.45, 7) is 9.08. The van der Waals surface area contributed by atoms with Crippen LogP contribution in [0.25, 0.3) is 6.08 Å². The van der Waals surface area contributed by atoms with Crippen LogP contribution < -0.4 is 4.31 Å². The highest BCUT2D eigenvalue weighted by Gasteiger charge is 2.51. The first-order chi connectivity index (χ1) is 13.1. The van der Waals surface area contributed by atoms with Crippen LogP contribution in [0.1, 0.15) is 23.5 Å². The maximum absolute atomic E-state index is 10.8. The summed E-state index contributed by atoms with van der Waals surface area (Å²) >= 11 is 1.80. The molecule has 4 nitrogen and oxygen atoms in total. The molecule has 5 heteroatoms. The number of aliphatic hydroxyl groups excluding tert-OH is 1. The molecule has 2 aliphatic rings. The van der Waals surface area contributed by atoms with Crippen LogP contribution in [-0.4, -0.2) is 40.5 Å². The Morgan fingerprint density at radius 3 is 2.96 bits per heavy atom. The van der Waals surface area contributed by atoms with Crippen molar-refractivity contribution in [2.24, 2.45) is 0 Å². The molecular weight excluding hydrogens is 356 g/mol. The topological polar surface area (TPSA) is 39.9 Å². The number of aliphatic hydroxyl groups is 1. The molecule has 2 aliphatic heterocycles. The summed E-state index contributed by atoms with van der Waals surface area (Å²) in [5, 5.41) is 10.8. The molecule has 0 radical (unpaired) electrons. The molecule has 4 rings (SSSR count). The first-order valence-electron chi connectivity index (χ1n) is 9.40. The molecule has 0 unspecified atom stereocenters. The lowest BCUT2D eigenvalue weighted by Gasteiger charge is -2.26. The molecule has 27 heavy (non-hydrogen) atoms. The average molecular weight is 383 g/mol. The molecule has 142 valence electrons. The van der Waals surface area contributed by atoms with Crippen LogP contribution in [0, 0.1) is 6.92 Å². The highest BCUT2D eigenvalue weighted by atomic mass is 32.2. The van der Waals surface area contributed by atoms with E-state index in [0.717, 1.165) is 48.8 Å². The molecule has 0 amide bonds. The Bertz CT molecular complexity index is 832. The minimum atomic E-state index is -0.322. The number of anilines is 1. The fourth-order valence-corrected chi connectivity index (χ4v) is 5.44. The summed E-state index contributed by atoms with van der Waals surface area (Å²) in [7, 11) is 0. The SMILES string of the molecule is C=C/C=C\c1oc(CN2CC[C@]3(C2)SN(c2ccccc2)C[C@@H]3O)cc1C. The third-order valence-corrected chi connectivity index (χ3v) is 6.94. The van der Waals surface area contributed by atoms with Gasteiger partial charge in [0, 0.05) is 18.8 Å². The lowest BCUT2D eigenvalue weighted by molar-refractivity contribution is 0.145. The monoisotopic (exact) mass is 382 g/mol. The first-order valence-corrected chi connectivity index (χ1v) is 10.2. The van der Waals surface area contributed by atoms with Gasteiger partial charge in [-0.15, -0.1) is 0 Å². The molecule has 1 aromatic carbocycles. The highest BCUT2D eigenvalue weighted by molar-refractivity contribution is 8.02. The number of benzene rings is 1. The van der Waals surface area contributed by atoms with Gasteiger partial charge in [-0.05, 0) is 55.1 Å². The van der Waals surface area contributed by atoms with Crippen molar-refractivity contribution in [2.75, 3.05) is 23.9 Å². The van der Waals surface area contributed by atoms with Crippen molar-refractivity contribution in [2.45, 2.75) is 30.7 Å². The molecule has 1 spiro atoms. The zero-order valence-corrected chi connectivity index (χ0v) is 16.5. The van der Waals surface area contributed by atoms with E-state index < -0.39 is 0 Å². The predicted octanol–water partition coefficient (Wildman–Crippen LogP) is 4.26. The van der Waals surface area contributed by atoms with E-state index in [1.54, 1.807) is 18.0 Å². The number of furan rings is 1. The molecule has 2 aromatic rings. The number of para-hydroxylation sites is 1. The molecule has 2 atom stereocenters. The van der Waals surface area contributed by atoms with Crippen LogP contribution in [0.2, 0.25) is 0 Å². The molecule has 2 saturated heterocycles. The van der Waals surface area contributed by atoms with Gasteiger partial charge in [0.2, 0.25) is 0 Å². The van der Waals surface area contributed by atoms with Gasteiger partial charge in [0.15, 0.2) is 0 Å². The van der Waals surface area contributed by atoms with E-state index >= 15 is 0 Å². The number of hydrogen-bond acceptors (Lipinski definition) is 5. The number of allylic oxidation sites excluding steroid dienone is 2. The van der Waals surface area contributed by atoms with Gasteiger partial charge in [0.25, 0.3) is 0 Å². The maximum atomic E-state index is 10.8. The number of likely N-dealkylation sites (tertiary alicyclic amines) is 1. The average Bonchev–Trinajstić information content (AvgIpc) is 3.33. The minimum Gasteiger partial charge on any atom is -0.460 e. The third kappa shape index (κ3) is 3.72. The van der Waals surface area contributed by atoms with Crippen molar-refractivity contribution < 1.29 is 9.52 Å². The second-order valence-electron chi connectivity index (χ2n) is 7.38. The van der Waals surface area contributed by atoms with E-state index in [-0.39, 0.29) is 10.9 Å². The van der Waals surface area contributed by atoms with Gasteiger partial charge in [-0.3, -0.25) is 4.90 Å². The normalized spacial score (nSPS) is 25.9. The molecule has 0 aliphatic carbocycles. The minimum absolute atomic E-state index is 0.122. The number of hydrogen-bond donors (Lipinski definition) is 1. The number of aryl methyl sites for hydroxylation is 1. The molecule has 3 heterocycles. The van der Waals surface area contributed by atoms with Gasteiger partial charge in [0.05, 0.1) is 23.9 Å². The van der Waals surface area contributed by atoms with Crippen LogP contribution in [-0.2, 0) is 6.54 Å². The Morgan fingerprint density at radius 1 is 1.37 bits per heavy atom. The maximum Gasteiger partial charge on any atom is 0.130 e. The first kappa shape index (κ1) is 18.4. The fourth-order valence-electron chi connectivity index (χ4n) is 3.94. The lowest BCUT2D eigenvalue weighted by Crippen LogP contribution is -2.39. The Morgan fingerprint density at radius 2 is 2.19 bits per heavy atom. The molecule has 1 N–H and O–H groups in total. The van der Waals surface area contributed by atoms with Gasteiger partial charge < -0.3 is 13.8 Å². The van der Waals surface area contributed by atoms with Crippen molar-refractivity contribution in [3.63, 3.8) is 0 Å². The molecule has 1 aromatic heterocycles. The molecule has 0 saturated carbocycles. The van der Waals surface area contributed by atoms with Gasteiger partial charge in [-0.2, -0.15) is 0 Å². The van der Waals surface area contributed by atoms with E-state index in [0.29, 0.717) is 6.54 Å². The summed E-state index contributed by atoms with van der Waals surface area (Å²) in [5.74, 6) is 1.87. The van der Waals surface area contributed by atoms with Crippen LogP contribution in [0.5, 0.6) is 0 Å².